The minimum Gasteiger partial charge on any atom is -0.382 e. The summed E-state index contributed by atoms with van der Waals surface area (Å²) in [5, 5.41) is 3.35. The van der Waals surface area contributed by atoms with Crippen LogP contribution in [0.1, 0.15) is 27.2 Å². The molecule has 0 aromatic carbocycles. The Morgan fingerprint density at radius 2 is 2.30 bits per heavy atom. The molecular formula is C9H15N. The van der Waals surface area contributed by atoms with E-state index in [0.717, 1.165) is 6.42 Å². The van der Waals surface area contributed by atoms with Crippen LogP contribution in [0.5, 0.6) is 0 Å². The van der Waals surface area contributed by atoms with Crippen LogP contribution in [0.25, 0.3) is 0 Å². The average Bonchev–Trinajstić information content (AvgIpc) is 1.96. The molecule has 0 spiro atoms. The van der Waals surface area contributed by atoms with Crippen LogP contribution < -0.4 is 5.32 Å². The lowest BCUT2D eigenvalue weighted by atomic mass is 9.95. The highest BCUT2D eigenvalue weighted by Gasteiger charge is 2.17. The van der Waals surface area contributed by atoms with E-state index in [1.54, 1.807) is 0 Å². The summed E-state index contributed by atoms with van der Waals surface area (Å²) in [5.74, 6) is 0. The predicted molar refractivity (Wildman–Crippen MR) is 44.7 cm³/mol. The smallest absolute Gasteiger partial charge is 0.0523 e. The molecule has 1 N–H and O–H groups in total. The van der Waals surface area contributed by atoms with Gasteiger partial charge in [0.2, 0.25) is 0 Å². The number of rotatable bonds is 1. The van der Waals surface area contributed by atoms with Crippen LogP contribution in [-0.2, 0) is 0 Å². The average molecular weight is 137 g/mol. The molecule has 1 heteroatoms. The molecule has 1 unspecified atom stereocenters. The highest BCUT2D eigenvalue weighted by molar-refractivity contribution is 5.25. The molecule has 0 bridgehead atoms. The first-order valence-corrected chi connectivity index (χ1v) is 3.80. The topological polar surface area (TPSA) is 12.0 Å². The van der Waals surface area contributed by atoms with Gasteiger partial charge in [0, 0.05) is 6.20 Å². The zero-order valence-electron chi connectivity index (χ0n) is 6.94. The Kier molecular flexibility index (Phi) is 1.84. The Morgan fingerprint density at radius 3 is 2.70 bits per heavy atom. The second-order valence-electron chi connectivity index (χ2n) is 3.14. The first kappa shape index (κ1) is 7.39. The van der Waals surface area contributed by atoms with Crippen LogP contribution in [0.3, 0.4) is 0 Å². The number of hydrogen-bond donors (Lipinski definition) is 1. The fraction of sp³-hybridized carbons (Fsp3) is 0.556. The number of dihydropyridines is 1. The van der Waals surface area contributed by atoms with E-state index in [2.05, 4.69) is 44.4 Å². The van der Waals surface area contributed by atoms with Gasteiger partial charge in [0.25, 0.3) is 0 Å². The Bertz CT molecular complexity index is 179. The van der Waals surface area contributed by atoms with Crippen molar-refractivity contribution in [3.63, 3.8) is 0 Å². The molecule has 56 valence electrons. The summed E-state index contributed by atoms with van der Waals surface area (Å²) < 4.78 is 0. The molecule has 1 heterocycles. The number of hydrogen-bond acceptors (Lipinski definition) is 1. The minimum absolute atomic E-state index is 0.194. The second-order valence-corrected chi connectivity index (χ2v) is 3.14. The number of allylic oxidation sites excluding steroid dienone is 2. The third kappa shape index (κ3) is 1.41. The van der Waals surface area contributed by atoms with E-state index < -0.39 is 0 Å². The maximum Gasteiger partial charge on any atom is 0.0523 e. The predicted octanol–water partition coefficient (Wildman–Crippen LogP) is 2.22. The van der Waals surface area contributed by atoms with Gasteiger partial charge in [-0.2, -0.15) is 0 Å². The first-order chi connectivity index (χ1) is 4.66. The van der Waals surface area contributed by atoms with Gasteiger partial charge in [-0.15, -0.1) is 0 Å². The van der Waals surface area contributed by atoms with Gasteiger partial charge in [0.15, 0.2) is 0 Å². The van der Waals surface area contributed by atoms with E-state index in [9.17, 15) is 0 Å². The normalized spacial score (nSPS) is 31.3. The fourth-order valence-electron chi connectivity index (χ4n) is 0.910. The van der Waals surface area contributed by atoms with Crippen molar-refractivity contribution in [1.82, 2.24) is 5.32 Å². The van der Waals surface area contributed by atoms with Crippen molar-refractivity contribution < 1.29 is 0 Å². The van der Waals surface area contributed by atoms with Gasteiger partial charge in [-0.1, -0.05) is 19.1 Å². The van der Waals surface area contributed by atoms with Crippen LogP contribution in [0, 0.1) is 0 Å². The van der Waals surface area contributed by atoms with E-state index in [-0.39, 0.29) is 5.54 Å². The van der Waals surface area contributed by atoms with Crippen molar-refractivity contribution >= 4 is 0 Å². The van der Waals surface area contributed by atoms with Gasteiger partial charge in [-0.3, -0.25) is 0 Å². The largest absolute Gasteiger partial charge is 0.382 e. The maximum absolute atomic E-state index is 3.35. The van der Waals surface area contributed by atoms with Crippen molar-refractivity contribution in [2.45, 2.75) is 32.7 Å². The van der Waals surface area contributed by atoms with Gasteiger partial charge >= 0.3 is 0 Å². The molecule has 0 aliphatic carbocycles. The van der Waals surface area contributed by atoms with Crippen molar-refractivity contribution in [3.05, 3.63) is 23.9 Å². The molecule has 0 saturated heterocycles. The third-order valence-electron chi connectivity index (χ3n) is 2.08. The standard InChI is InChI=1S/C9H15N/c1-4-9(3)6-5-8(2)7-10-9/h5-7,10H,4H2,1-3H3. The summed E-state index contributed by atoms with van der Waals surface area (Å²) in [6.45, 7) is 6.48. The molecule has 1 atom stereocenters. The molecule has 0 aromatic rings. The van der Waals surface area contributed by atoms with Crippen molar-refractivity contribution in [2.75, 3.05) is 0 Å². The van der Waals surface area contributed by atoms with Crippen molar-refractivity contribution in [3.8, 4) is 0 Å². The van der Waals surface area contributed by atoms with E-state index in [0.29, 0.717) is 0 Å². The van der Waals surface area contributed by atoms with Gasteiger partial charge in [0.1, 0.15) is 0 Å². The Morgan fingerprint density at radius 1 is 1.60 bits per heavy atom. The summed E-state index contributed by atoms with van der Waals surface area (Å²) in [6, 6.07) is 0. The molecule has 0 saturated carbocycles. The third-order valence-corrected chi connectivity index (χ3v) is 2.08. The lowest BCUT2D eigenvalue weighted by molar-refractivity contribution is 0.477. The Balaban J connectivity index is 2.67. The Hall–Kier alpha value is -0.720. The van der Waals surface area contributed by atoms with Crippen molar-refractivity contribution in [1.29, 1.82) is 0 Å². The first-order valence-electron chi connectivity index (χ1n) is 3.80. The molecule has 1 nitrogen and oxygen atoms in total. The molecule has 1 rings (SSSR count). The summed E-state index contributed by atoms with van der Waals surface area (Å²) in [6.07, 6.45) is 7.60. The van der Waals surface area contributed by atoms with Crippen LogP contribution in [-0.4, -0.2) is 5.54 Å². The molecular weight excluding hydrogens is 122 g/mol. The SMILES string of the molecule is CCC1(C)C=CC(C)=CN1. The van der Waals surface area contributed by atoms with E-state index in [1.165, 1.54) is 5.57 Å². The van der Waals surface area contributed by atoms with E-state index in [4.69, 9.17) is 0 Å². The molecule has 0 radical (unpaired) electrons. The molecule has 0 amide bonds. The van der Waals surface area contributed by atoms with Gasteiger partial charge in [-0.05, 0) is 25.8 Å². The van der Waals surface area contributed by atoms with Crippen LogP contribution in [0.4, 0.5) is 0 Å². The summed E-state index contributed by atoms with van der Waals surface area (Å²) >= 11 is 0. The quantitative estimate of drug-likeness (QED) is 0.584. The van der Waals surface area contributed by atoms with Gasteiger partial charge in [0.05, 0.1) is 5.54 Å². The zero-order valence-corrected chi connectivity index (χ0v) is 6.94. The summed E-state index contributed by atoms with van der Waals surface area (Å²) in [7, 11) is 0. The van der Waals surface area contributed by atoms with Crippen LogP contribution in [0.2, 0.25) is 0 Å². The fourth-order valence-corrected chi connectivity index (χ4v) is 0.910. The lowest BCUT2D eigenvalue weighted by Crippen LogP contribution is -2.37. The highest BCUT2D eigenvalue weighted by atomic mass is 14.9. The lowest BCUT2D eigenvalue weighted by Gasteiger charge is -2.28. The second kappa shape index (κ2) is 2.49. The van der Waals surface area contributed by atoms with Crippen molar-refractivity contribution in [2.24, 2.45) is 0 Å². The van der Waals surface area contributed by atoms with Gasteiger partial charge in [-0.25, -0.2) is 0 Å². The maximum atomic E-state index is 3.35. The van der Waals surface area contributed by atoms with E-state index in [1.807, 2.05) is 0 Å². The molecule has 1 aliphatic heterocycles. The Labute approximate surface area is 62.8 Å². The van der Waals surface area contributed by atoms with Crippen LogP contribution >= 0.6 is 0 Å². The molecule has 1 aliphatic rings. The van der Waals surface area contributed by atoms with Gasteiger partial charge < -0.3 is 5.32 Å². The summed E-state index contributed by atoms with van der Waals surface area (Å²) in [4.78, 5) is 0. The molecule has 10 heavy (non-hydrogen) atoms. The molecule has 0 aromatic heterocycles. The monoisotopic (exact) mass is 137 g/mol. The molecule has 0 fully saturated rings. The van der Waals surface area contributed by atoms with E-state index >= 15 is 0 Å². The number of nitrogens with one attached hydrogen (secondary N) is 1. The summed E-state index contributed by atoms with van der Waals surface area (Å²) in [5.41, 5.74) is 1.49. The zero-order chi connectivity index (χ0) is 7.61. The highest BCUT2D eigenvalue weighted by Crippen LogP contribution is 2.16. The van der Waals surface area contributed by atoms with Crippen LogP contribution in [0.15, 0.2) is 23.9 Å². The minimum atomic E-state index is 0.194.